The lowest BCUT2D eigenvalue weighted by Gasteiger charge is -2.16. The summed E-state index contributed by atoms with van der Waals surface area (Å²) in [5.41, 5.74) is 3.11. The molecule has 0 bridgehead atoms. The Morgan fingerprint density at radius 1 is 1.17 bits per heavy atom. The summed E-state index contributed by atoms with van der Waals surface area (Å²) in [5, 5.41) is 11.2. The topological polar surface area (TPSA) is 73.8 Å². The predicted octanol–water partition coefficient (Wildman–Crippen LogP) is 4.07. The average molecular weight is 396 g/mol. The van der Waals surface area contributed by atoms with E-state index in [1.807, 2.05) is 38.1 Å². The lowest BCUT2D eigenvalue weighted by molar-refractivity contribution is -0.132. The van der Waals surface area contributed by atoms with E-state index in [0.717, 1.165) is 16.8 Å². The van der Waals surface area contributed by atoms with Crippen LogP contribution in [0.5, 0.6) is 0 Å². The van der Waals surface area contributed by atoms with Gasteiger partial charge in [-0.05, 0) is 43.0 Å². The van der Waals surface area contributed by atoms with Crippen molar-refractivity contribution in [1.82, 2.24) is 10.3 Å². The molecule has 6 nitrogen and oxygen atoms in total. The first-order valence-electron chi connectivity index (χ1n) is 9.72. The summed E-state index contributed by atoms with van der Waals surface area (Å²) >= 11 is 0. The largest absolute Gasteiger partial charge is 0.338 e. The number of hydrogen-bond donors (Lipinski definition) is 2. The number of nitrogens with one attached hydrogen (secondary N) is 2. The van der Waals surface area contributed by atoms with Crippen LogP contribution in [0.25, 0.3) is 0 Å². The molecule has 0 saturated carbocycles. The van der Waals surface area contributed by atoms with Gasteiger partial charge in [0.2, 0.25) is 0 Å². The van der Waals surface area contributed by atoms with E-state index >= 15 is 0 Å². The molecule has 1 aliphatic rings. The first-order chi connectivity index (χ1) is 14.0. The fourth-order valence-electron chi connectivity index (χ4n) is 3.32. The molecule has 7 heteroatoms. The molecule has 2 aromatic carbocycles. The second-order valence-electron chi connectivity index (χ2n) is 6.97. The molecule has 0 unspecified atom stereocenters. The van der Waals surface area contributed by atoms with Gasteiger partial charge >= 0.3 is 6.03 Å². The molecule has 29 heavy (non-hydrogen) atoms. The van der Waals surface area contributed by atoms with Crippen molar-refractivity contribution in [3.8, 4) is 0 Å². The zero-order valence-electron chi connectivity index (χ0n) is 16.6. The van der Waals surface area contributed by atoms with E-state index in [2.05, 4.69) is 15.7 Å². The number of anilines is 1. The number of benzene rings is 2. The molecule has 3 amide bonds. The Morgan fingerprint density at radius 2 is 1.90 bits per heavy atom. The van der Waals surface area contributed by atoms with Crippen molar-refractivity contribution in [2.45, 2.75) is 33.2 Å². The highest BCUT2D eigenvalue weighted by Gasteiger charge is 2.34. The molecule has 152 valence electrons. The Kier molecular flexibility index (Phi) is 6.59. The second kappa shape index (κ2) is 9.32. The first kappa shape index (κ1) is 20.5. The number of urea groups is 1. The van der Waals surface area contributed by atoms with Gasteiger partial charge in [0.1, 0.15) is 5.82 Å². The van der Waals surface area contributed by atoms with Crippen LogP contribution in [0.15, 0.2) is 53.6 Å². The maximum atomic E-state index is 13.6. The highest BCUT2D eigenvalue weighted by atomic mass is 19.1. The van der Waals surface area contributed by atoms with E-state index in [9.17, 15) is 14.0 Å². The third-order valence-corrected chi connectivity index (χ3v) is 4.99. The van der Waals surface area contributed by atoms with Gasteiger partial charge in [-0.15, -0.1) is 0 Å². The Hall–Kier alpha value is -3.22. The van der Waals surface area contributed by atoms with Crippen molar-refractivity contribution in [2.75, 3.05) is 11.9 Å². The maximum absolute atomic E-state index is 13.6. The minimum Gasteiger partial charge on any atom is -0.338 e. The number of hydrogen-bond acceptors (Lipinski definition) is 3. The summed E-state index contributed by atoms with van der Waals surface area (Å²) < 4.78 is 13.6. The van der Waals surface area contributed by atoms with Crippen molar-refractivity contribution >= 4 is 23.3 Å². The minimum atomic E-state index is -0.507. The van der Waals surface area contributed by atoms with Gasteiger partial charge in [-0.2, -0.15) is 5.10 Å². The van der Waals surface area contributed by atoms with Crippen LogP contribution in [0.3, 0.4) is 0 Å². The van der Waals surface area contributed by atoms with Crippen LogP contribution in [0.4, 0.5) is 14.9 Å². The normalized spacial score (nSPS) is 16.0. The van der Waals surface area contributed by atoms with Gasteiger partial charge in [-0.1, -0.05) is 43.3 Å². The number of halogens is 1. The lowest BCUT2D eigenvalue weighted by atomic mass is 9.97. The van der Waals surface area contributed by atoms with Crippen molar-refractivity contribution < 1.29 is 14.0 Å². The van der Waals surface area contributed by atoms with Gasteiger partial charge in [0, 0.05) is 6.54 Å². The number of hydrazone groups is 1. The fourth-order valence-corrected chi connectivity index (χ4v) is 3.32. The molecule has 2 N–H and O–H groups in total. The Morgan fingerprint density at radius 3 is 2.62 bits per heavy atom. The summed E-state index contributed by atoms with van der Waals surface area (Å²) in [5.74, 6) is -0.903. The molecule has 1 aliphatic heterocycles. The summed E-state index contributed by atoms with van der Waals surface area (Å²) in [6.07, 6.45) is 1.11. The zero-order valence-corrected chi connectivity index (χ0v) is 16.6. The highest BCUT2D eigenvalue weighted by molar-refractivity contribution is 6.07. The summed E-state index contributed by atoms with van der Waals surface area (Å²) in [4.78, 5) is 24.8. The lowest BCUT2D eigenvalue weighted by Crippen LogP contribution is -2.34. The van der Waals surface area contributed by atoms with E-state index in [1.54, 1.807) is 12.1 Å². The number of rotatable bonds is 7. The van der Waals surface area contributed by atoms with E-state index in [-0.39, 0.29) is 24.1 Å². The van der Waals surface area contributed by atoms with Crippen LogP contribution in [-0.4, -0.2) is 29.2 Å². The Balaban J connectivity index is 1.54. The number of amides is 3. The number of aryl methyl sites for hydroxylation is 1. The molecular weight excluding hydrogens is 371 g/mol. The summed E-state index contributed by atoms with van der Waals surface area (Å²) in [6, 6.07) is 13.4. The van der Waals surface area contributed by atoms with Gasteiger partial charge in [0.15, 0.2) is 0 Å². The zero-order chi connectivity index (χ0) is 20.8. The van der Waals surface area contributed by atoms with Crippen LogP contribution < -0.4 is 10.6 Å². The standard InChI is InChI=1S/C22H25FN4O2/c1-3-19-17(12-13-24-22(29)25-20-11-7-6-10-18(20)23)21(28)27(26-19)14-16-9-5-4-8-15(16)2/h4-11,17H,3,12-14H2,1-2H3,(H2,24,25,29)/t17-/m0/s1. The van der Waals surface area contributed by atoms with E-state index in [0.29, 0.717) is 19.4 Å². The van der Waals surface area contributed by atoms with Gasteiger partial charge in [-0.3, -0.25) is 4.79 Å². The van der Waals surface area contributed by atoms with Crippen LogP contribution in [0.2, 0.25) is 0 Å². The van der Waals surface area contributed by atoms with Crippen molar-refractivity contribution in [3.05, 3.63) is 65.5 Å². The Labute approximate surface area is 169 Å². The molecule has 0 aromatic heterocycles. The molecule has 2 aromatic rings. The molecular formula is C22H25FN4O2. The van der Waals surface area contributed by atoms with E-state index in [4.69, 9.17) is 0 Å². The summed E-state index contributed by atoms with van der Waals surface area (Å²) in [6.45, 7) is 4.70. The van der Waals surface area contributed by atoms with Crippen LogP contribution in [-0.2, 0) is 11.3 Å². The maximum Gasteiger partial charge on any atom is 0.319 e. The number of para-hydroxylation sites is 1. The monoisotopic (exact) mass is 396 g/mol. The first-order valence-corrected chi connectivity index (χ1v) is 9.72. The van der Waals surface area contributed by atoms with Crippen LogP contribution in [0.1, 0.15) is 30.9 Å². The number of carbonyl (C=O) groups is 2. The van der Waals surface area contributed by atoms with E-state index < -0.39 is 11.8 Å². The predicted molar refractivity (Wildman–Crippen MR) is 111 cm³/mol. The number of carbonyl (C=O) groups excluding carboxylic acids is 2. The summed E-state index contributed by atoms with van der Waals surface area (Å²) in [7, 11) is 0. The SMILES string of the molecule is CCC1=NN(Cc2ccccc2C)C(=O)[C@H]1CCNC(=O)Nc1ccccc1F. The van der Waals surface area contributed by atoms with Crippen molar-refractivity contribution in [1.29, 1.82) is 0 Å². The smallest absolute Gasteiger partial charge is 0.319 e. The molecule has 0 fully saturated rings. The highest BCUT2D eigenvalue weighted by Crippen LogP contribution is 2.23. The van der Waals surface area contributed by atoms with Crippen LogP contribution >= 0.6 is 0 Å². The molecule has 0 saturated heterocycles. The van der Waals surface area contributed by atoms with Crippen molar-refractivity contribution in [3.63, 3.8) is 0 Å². The quantitative estimate of drug-likeness (QED) is 0.740. The molecule has 3 rings (SSSR count). The molecule has 0 radical (unpaired) electrons. The van der Waals surface area contributed by atoms with Gasteiger partial charge in [-0.25, -0.2) is 14.2 Å². The molecule has 1 heterocycles. The average Bonchev–Trinajstić information content (AvgIpc) is 3.00. The third-order valence-electron chi connectivity index (χ3n) is 4.99. The van der Waals surface area contributed by atoms with Gasteiger partial charge in [0.05, 0.1) is 23.9 Å². The molecule has 0 spiro atoms. The van der Waals surface area contributed by atoms with E-state index in [1.165, 1.54) is 17.1 Å². The third kappa shape index (κ3) is 4.99. The Bertz CT molecular complexity index is 929. The van der Waals surface area contributed by atoms with Gasteiger partial charge < -0.3 is 10.6 Å². The molecule has 0 aliphatic carbocycles. The fraction of sp³-hybridized carbons (Fsp3) is 0.318. The number of nitrogens with zero attached hydrogens (tertiary/aromatic N) is 2. The van der Waals surface area contributed by atoms with Crippen molar-refractivity contribution in [2.24, 2.45) is 11.0 Å². The van der Waals surface area contributed by atoms with Crippen LogP contribution in [0, 0.1) is 18.7 Å². The second-order valence-corrected chi connectivity index (χ2v) is 6.97. The molecule has 1 atom stereocenters. The van der Waals surface area contributed by atoms with Gasteiger partial charge in [0.25, 0.3) is 5.91 Å². The minimum absolute atomic E-state index is 0.0542.